The minimum Gasteiger partial charge on any atom is -0.271 e. The Morgan fingerprint density at radius 1 is 1.53 bits per heavy atom. The molecule has 2 rings (SSSR count). The predicted octanol–water partition coefficient (Wildman–Crippen LogP) is 1.14. The molecule has 0 radical (unpaired) electrons. The molecule has 17 heavy (non-hydrogen) atoms. The smallest absolute Gasteiger partial charge is 0.248 e. The summed E-state index contributed by atoms with van der Waals surface area (Å²) < 4.78 is 27.8. The predicted molar refractivity (Wildman–Crippen MR) is 58.0 cm³/mol. The van der Waals surface area contributed by atoms with Crippen molar-refractivity contribution >= 4 is 0 Å². The van der Waals surface area contributed by atoms with Gasteiger partial charge in [-0.2, -0.15) is 0 Å². The lowest BCUT2D eigenvalue weighted by atomic mass is 9.81. The van der Waals surface area contributed by atoms with Crippen molar-refractivity contribution in [3.05, 3.63) is 11.9 Å². The van der Waals surface area contributed by atoms with Gasteiger partial charge in [-0.25, -0.2) is 8.78 Å². The number of hydrazine groups is 1. The summed E-state index contributed by atoms with van der Waals surface area (Å²) in [5.41, 5.74) is 3.53. The first kappa shape index (κ1) is 12.4. The van der Waals surface area contributed by atoms with E-state index in [1.807, 2.05) is 0 Å². The van der Waals surface area contributed by atoms with Crippen molar-refractivity contribution in [2.75, 3.05) is 0 Å². The van der Waals surface area contributed by atoms with E-state index in [2.05, 4.69) is 15.7 Å². The molecule has 1 atom stereocenters. The Labute approximate surface area is 98.3 Å². The van der Waals surface area contributed by atoms with E-state index in [1.54, 1.807) is 17.9 Å². The van der Waals surface area contributed by atoms with E-state index >= 15 is 0 Å². The van der Waals surface area contributed by atoms with E-state index in [1.165, 1.54) is 0 Å². The fourth-order valence-corrected chi connectivity index (χ4v) is 2.44. The molecule has 0 saturated heterocycles. The molecule has 7 heteroatoms. The Morgan fingerprint density at radius 3 is 2.65 bits per heavy atom. The van der Waals surface area contributed by atoms with Crippen molar-refractivity contribution in [2.24, 2.45) is 18.8 Å². The summed E-state index contributed by atoms with van der Waals surface area (Å²) in [6.45, 7) is 0. The summed E-state index contributed by atoms with van der Waals surface area (Å²) in [5.74, 6) is 3.12. The van der Waals surface area contributed by atoms with Crippen LogP contribution in [0.25, 0.3) is 0 Å². The molecule has 0 amide bonds. The van der Waals surface area contributed by atoms with Gasteiger partial charge in [-0.05, 0) is 18.8 Å². The van der Waals surface area contributed by atoms with Gasteiger partial charge in [-0.3, -0.25) is 16.0 Å². The Morgan fingerprint density at radius 2 is 2.18 bits per heavy atom. The Kier molecular flexibility index (Phi) is 3.39. The second-order valence-electron chi connectivity index (χ2n) is 4.62. The molecule has 1 fully saturated rings. The van der Waals surface area contributed by atoms with Crippen LogP contribution in [-0.2, 0) is 7.05 Å². The first-order chi connectivity index (χ1) is 8.03. The maximum atomic E-state index is 13.1. The number of alkyl halides is 2. The van der Waals surface area contributed by atoms with Crippen LogP contribution in [0.5, 0.6) is 0 Å². The fraction of sp³-hybridized carbons (Fsp3) is 0.800. The Balaban J connectivity index is 2.08. The molecule has 1 aromatic heterocycles. The molecular formula is C10H17F2N5. The van der Waals surface area contributed by atoms with Gasteiger partial charge in [-0.15, -0.1) is 5.10 Å². The topological polar surface area (TPSA) is 68.8 Å². The van der Waals surface area contributed by atoms with Gasteiger partial charge in [0.2, 0.25) is 5.92 Å². The maximum Gasteiger partial charge on any atom is 0.248 e. The second kappa shape index (κ2) is 4.66. The van der Waals surface area contributed by atoms with Crippen LogP contribution < -0.4 is 11.3 Å². The third-order valence-electron chi connectivity index (χ3n) is 3.48. The molecule has 5 nitrogen and oxygen atoms in total. The SMILES string of the molecule is Cn1nncc1C(NN)C1CCC(F)(F)CC1. The number of aryl methyl sites for hydroxylation is 1. The molecule has 0 aromatic carbocycles. The van der Waals surface area contributed by atoms with E-state index in [9.17, 15) is 8.78 Å². The van der Waals surface area contributed by atoms with Crippen molar-refractivity contribution in [1.82, 2.24) is 20.4 Å². The second-order valence-corrected chi connectivity index (χ2v) is 4.62. The maximum absolute atomic E-state index is 13.1. The zero-order chi connectivity index (χ0) is 12.5. The van der Waals surface area contributed by atoms with Crippen molar-refractivity contribution in [3.63, 3.8) is 0 Å². The van der Waals surface area contributed by atoms with Gasteiger partial charge in [0.05, 0.1) is 17.9 Å². The number of halogens is 2. The van der Waals surface area contributed by atoms with Gasteiger partial charge in [0, 0.05) is 19.9 Å². The van der Waals surface area contributed by atoms with Crippen LogP contribution in [-0.4, -0.2) is 20.9 Å². The zero-order valence-corrected chi connectivity index (χ0v) is 9.74. The van der Waals surface area contributed by atoms with Gasteiger partial charge < -0.3 is 0 Å². The van der Waals surface area contributed by atoms with Gasteiger partial charge in [0.15, 0.2) is 0 Å². The van der Waals surface area contributed by atoms with Crippen LogP contribution in [0.1, 0.15) is 37.4 Å². The zero-order valence-electron chi connectivity index (χ0n) is 9.74. The third kappa shape index (κ3) is 2.61. The molecule has 3 N–H and O–H groups in total. The molecular weight excluding hydrogens is 228 g/mol. The monoisotopic (exact) mass is 245 g/mol. The average molecular weight is 245 g/mol. The summed E-state index contributed by atoms with van der Waals surface area (Å²) in [6, 6.07) is -0.161. The molecule has 1 unspecified atom stereocenters. The summed E-state index contributed by atoms with van der Waals surface area (Å²) >= 11 is 0. The van der Waals surface area contributed by atoms with Crippen molar-refractivity contribution < 1.29 is 8.78 Å². The van der Waals surface area contributed by atoms with Crippen LogP contribution in [0, 0.1) is 5.92 Å². The largest absolute Gasteiger partial charge is 0.271 e. The van der Waals surface area contributed by atoms with E-state index in [4.69, 9.17) is 5.84 Å². The lowest BCUT2D eigenvalue weighted by Crippen LogP contribution is -2.38. The van der Waals surface area contributed by atoms with Gasteiger partial charge in [-0.1, -0.05) is 5.21 Å². The fourth-order valence-electron chi connectivity index (χ4n) is 2.44. The molecule has 1 aliphatic rings. The van der Waals surface area contributed by atoms with Crippen molar-refractivity contribution in [3.8, 4) is 0 Å². The molecule has 0 bridgehead atoms. The van der Waals surface area contributed by atoms with Gasteiger partial charge in [0.25, 0.3) is 0 Å². The highest BCUT2D eigenvalue weighted by molar-refractivity contribution is 5.04. The highest BCUT2D eigenvalue weighted by Crippen LogP contribution is 2.40. The number of nitrogens with zero attached hydrogens (tertiary/aromatic N) is 3. The minimum atomic E-state index is -2.51. The molecule has 0 aliphatic heterocycles. The highest BCUT2D eigenvalue weighted by atomic mass is 19.3. The molecule has 1 aromatic rings. The van der Waals surface area contributed by atoms with Gasteiger partial charge in [0.1, 0.15) is 0 Å². The van der Waals surface area contributed by atoms with Crippen LogP contribution in [0.15, 0.2) is 6.20 Å². The summed E-state index contributed by atoms with van der Waals surface area (Å²) in [5, 5.41) is 7.62. The van der Waals surface area contributed by atoms with Crippen LogP contribution >= 0.6 is 0 Å². The number of nitrogens with two attached hydrogens (primary N) is 1. The first-order valence-corrected chi connectivity index (χ1v) is 5.72. The molecule has 96 valence electrons. The molecule has 0 spiro atoms. The normalized spacial score (nSPS) is 22.6. The summed E-state index contributed by atoms with van der Waals surface area (Å²) in [4.78, 5) is 0. The van der Waals surface area contributed by atoms with Crippen LogP contribution in [0.4, 0.5) is 8.78 Å². The molecule has 1 aliphatic carbocycles. The lowest BCUT2D eigenvalue weighted by molar-refractivity contribution is -0.0500. The van der Waals surface area contributed by atoms with Crippen molar-refractivity contribution in [1.29, 1.82) is 0 Å². The number of hydrogen-bond donors (Lipinski definition) is 2. The number of rotatable bonds is 3. The average Bonchev–Trinajstić information content (AvgIpc) is 2.69. The third-order valence-corrected chi connectivity index (χ3v) is 3.48. The van der Waals surface area contributed by atoms with Crippen molar-refractivity contribution in [2.45, 2.75) is 37.6 Å². The Bertz CT molecular complexity index is 369. The molecule has 1 heterocycles. The van der Waals surface area contributed by atoms with E-state index in [-0.39, 0.29) is 24.8 Å². The Hall–Kier alpha value is -1.08. The number of aromatic nitrogens is 3. The minimum absolute atomic E-state index is 0.0683. The number of hydrogen-bond acceptors (Lipinski definition) is 4. The summed E-state index contributed by atoms with van der Waals surface area (Å²) in [6.07, 6.45) is 2.42. The van der Waals surface area contributed by atoms with Crippen LogP contribution in [0.2, 0.25) is 0 Å². The molecule has 1 saturated carbocycles. The quantitative estimate of drug-likeness (QED) is 0.619. The number of nitrogens with one attached hydrogen (secondary N) is 1. The van der Waals surface area contributed by atoms with Gasteiger partial charge >= 0.3 is 0 Å². The van der Waals surface area contributed by atoms with E-state index in [0.717, 1.165) is 5.69 Å². The van der Waals surface area contributed by atoms with Crippen LogP contribution in [0.3, 0.4) is 0 Å². The van der Waals surface area contributed by atoms with E-state index in [0.29, 0.717) is 12.8 Å². The summed E-state index contributed by atoms with van der Waals surface area (Å²) in [7, 11) is 1.77. The standard InChI is InChI=1S/C10H17F2N5/c1-17-8(6-14-16-17)9(15-13)7-2-4-10(11,12)5-3-7/h6-7,9,15H,2-5,13H2,1H3. The first-order valence-electron chi connectivity index (χ1n) is 5.72. The van der Waals surface area contributed by atoms with E-state index < -0.39 is 5.92 Å². The highest BCUT2D eigenvalue weighted by Gasteiger charge is 2.38. The lowest BCUT2D eigenvalue weighted by Gasteiger charge is -2.33.